The summed E-state index contributed by atoms with van der Waals surface area (Å²) in [7, 11) is -2.18. The van der Waals surface area contributed by atoms with Crippen LogP contribution in [0.15, 0.2) is 23.1 Å². The lowest BCUT2D eigenvalue weighted by Gasteiger charge is -2.34. The van der Waals surface area contributed by atoms with E-state index < -0.39 is 10.0 Å². The predicted octanol–water partition coefficient (Wildman–Crippen LogP) is 1.60. The first-order valence-corrected chi connectivity index (χ1v) is 8.00. The fraction of sp³-hybridized carbons (Fsp3) is 0.462. The molecule has 7 heteroatoms. The van der Waals surface area contributed by atoms with Crippen molar-refractivity contribution in [2.45, 2.75) is 23.8 Å². The molecule has 0 heterocycles. The summed E-state index contributed by atoms with van der Waals surface area (Å²) in [4.78, 5) is 0.000499. The van der Waals surface area contributed by atoms with Crippen molar-refractivity contribution in [2.75, 3.05) is 13.6 Å². The smallest absolute Gasteiger partial charge is 0.244 e. The van der Waals surface area contributed by atoms with Crippen LogP contribution in [0.1, 0.15) is 18.4 Å². The largest absolute Gasteiger partial charge is 0.393 e. The number of sulfonamides is 1. The average Bonchev–Trinajstić information content (AvgIpc) is 2.36. The first-order valence-electron chi connectivity index (χ1n) is 6.18. The van der Waals surface area contributed by atoms with Crippen molar-refractivity contribution < 1.29 is 13.5 Å². The van der Waals surface area contributed by atoms with Crippen LogP contribution in [-0.2, 0) is 10.0 Å². The van der Waals surface area contributed by atoms with Crippen molar-refractivity contribution in [2.24, 2.45) is 5.92 Å². The number of aliphatic hydroxyl groups is 1. The van der Waals surface area contributed by atoms with Crippen LogP contribution in [0.25, 0.3) is 0 Å². The molecule has 1 aliphatic carbocycles. The number of nitrogens with zero attached hydrogens (tertiary/aromatic N) is 2. The van der Waals surface area contributed by atoms with E-state index in [0.717, 1.165) is 0 Å². The van der Waals surface area contributed by atoms with E-state index in [1.54, 1.807) is 0 Å². The van der Waals surface area contributed by atoms with Gasteiger partial charge in [-0.2, -0.15) is 5.26 Å². The summed E-state index contributed by atoms with van der Waals surface area (Å²) < 4.78 is 26.1. The van der Waals surface area contributed by atoms with Gasteiger partial charge in [-0.05, 0) is 37.0 Å². The Morgan fingerprint density at radius 2 is 2.15 bits per heavy atom. The van der Waals surface area contributed by atoms with Crippen LogP contribution in [0.5, 0.6) is 0 Å². The number of halogens is 1. The topological polar surface area (TPSA) is 81.4 Å². The van der Waals surface area contributed by atoms with Crippen molar-refractivity contribution in [1.29, 1.82) is 5.26 Å². The van der Waals surface area contributed by atoms with Crippen LogP contribution < -0.4 is 0 Å². The Bertz CT molecular complexity index is 648. The Kier molecular flexibility index (Phi) is 4.35. The first kappa shape index (κ1) is 15.3. The molecule has 108 valence electrons. The third kappa shape index (κ3) is 2.96. The minimum absolute atomic E-state index is 0.000499. The van der Waals surface area contributed by atoms with E-state index in [9.17, 15) is 13.5 Å². The third-order valence-corrected chi connectivity index (χ3v) is 5.78. The fourth-order valence-electron chi connectivity index (χ4n) is 2.26. The molecule has 1 aliphatic rings. The van der Waals surface area contributed by atoms with E-state index >= 15 is 0 Å². The highest BCUT2D eigenvalue weighted by Gasteiger charge is 2.32. The maximum atomic E-state index is 12.4. The minimum atomic E-state index is -3.67. The van der Waals surface area contributed by atoms with Crippen LogP contribution in [0.3, 0.4) is 0 Å². The summed E-state index contributed by atoms with van der Waals surface area (Å²) in [6, 6.07) is 6.03. The monoisotopic (exact) mass is 314 g/mol. The lowest BCUT2D eigenvalue weighted by molar-refractivity contribution is 0.0367. The van der Waals surface area contributed by atoms with Crippen molar-refractivity contribution in [3.8, 4) is 6.07 Å². The van der Waals surface area contributed by atoms with Gasteiger partial charge in [-0.1, -0.05) is 11.6 Å². The Balaban J connectivity index is 2.19. The quantitative estimate of drug-likeness (QED) is 0.915. The molecule has 1 aromatic rings. The van der Waals surface area contributed by atoms with E-state index in [4.69, 9.17) is 16.9 Å². The Hall–Kier alpha value is -1.13. The molecule has 0 radical (unpaired) electrons. The second-order valence-electron chi connectivity index (χ2n) is 5.03. The zero-order chi connectivity index (χ0) is 14.9. The van der Waals surface area contributed by atoms with Gasteiger partial charge in [0.15, 0.2) is 0 Å². The van der Waals surface area contributed by atoms with Gasteiger partial charge in [-0.25, -0.2) is 12.7 Å². The molecule has 5 nitrogen and oxygen atoms in total. The molecule has 1 saturated carbocycles. The molecule has 0 amide bonds. The zero-order valence-corrected chi connectivity index (χ0v) is 12.5. The van der Waals surface area contributed by atoms with Gasteiger partial charge in [0.1, 0.15) is 4.90 Å². The summed E-state index contributed by atoms with van der Waals surface area (Å²) in [6.45, 7) is 0.357. The van der Waals surface area contributed by atoms with Gasteiger partial charge in [0.2, 0.25) is 10.0 Å². The molecule has 0 saturated heterocycles. The molecular formula is C13H15ClN2O3S. The normalized spacial score (nSPS) is 22.4. The van der Waals surface area contributed by atoms with Gasteiger partial charge < -0.3 is 5.11 Å². The summed E-state index contributed by atoms with van der Waals surface area (Å²) >= 11 is 5.95. The van der Waals surface area contributed by atoms with Gasteiger partial charge in [0.05, 0.1) is 22.8 Å². The molecule has 20 heavy (non-hydrogen) atoms. The van der Waals surface area contributed by atoms with Crippen LogP contribution in [0.2, 0.25) is 5.02 Å². The minimum Gasteiger partial charge on any atom is -0.393 e. The lowest BCUT2D eigenvalue weighted by Crippen LogP contribution is -2.39. The summed E-state index contributed by atoms with van der Waals surface area (Å²) in [6.07, 6.45) is 0.941. The summed E-state index contributed by atoms with van der Waals surface area (Å²) in [5, 5.41) is 18.0. The average molecular weight is 315 g/mol. The summed E-state index contributed by atoms with van der Waals surface area (Å²) in [5.74, 6) is 0.182. The molecular weight excluding hydrogens is 300 g/mol. The highest BCUT2D eigenvalue weighted by atomic mass is 35.5. The number of nitriles is 1. The molecule has 0 aromatic heterocycles. The van der Waals surface area contributed by atoms with Crippen molar-refractivity contribution in [3.63, 3.8) is 0 Å². The van der Waals surface area contributed by atoms with Crippen LogP contribution in [-0.4, -0.2) is 37.5 Å². The molecule has 0 unspecified atom stereocenters. The Morgan fingerprint density at radius 3 is 2.65 bits per heavy atom. The number of rotatable bonds is 4. The highest BCUT2D eigenvalue weighted by Crippen LogP contribution is 2.30. The highest BCUT2D eigenvalue weighted by molar-refractivity contribution is 7.89. The Morgan fingerprint density at radius 1 is 1.50 bits per heavy atom. The standard InChI is InChI=1S/C13H15ClN2O3S/c1-16(8-10-4-11(17)5-10)20(18,19)13-3-2-9(7-15)6-12(13)14/h2-3,6,10-11,17H,4-5,8H2,1H3. The summed E-state index contributed by atoms with van der Waals surface area (Å²) in [5.41, 5.74) is 0.318. The van der Waals surface area contributed by atoms with E-state index in [1.165, 1.54) is 29.6 Å². The van der Waals surface area contributed by atoms with Crippen molar-refractivity contribution in [1.82, 2.24) is 4.31 Å². The molecule has 1 N–H and O–H groups in total. The number of hydrogen-bond acceptors (Lipinski definition) is 4. The van der Waals surface area contributed by atoms with E-state index in [0.29, 0.717) is 24.9 Å². The zero-order valence-electron chi connectivity index (χ0n) is 11.0. The maximum Gasteiger partial charge on any atom is 0.244 e. The molecule has 1 fully saturated rings. The van der Waals surface area contributed by atoms with Gasteiger partial charge >= 0.3 is 0 Å². The second-order valence-corrected chi connectivity index (χ2v) is 7.45. The molecule has 2 rings (SSSR count). The van der Waals surface area contributed by atoms with Gasteiger partial charge in [0, 0.05) is 13.6 Å². The Labute approximate surface area is 123 Å². The molecule has 0 atom stereocenters. The maximum absolute atomic E-state index is 12.4. The van der Waals surface area contributed by atoms with Crippen molar-refractivity contribution >= 4 is 21.6 Å². The van der Waals surface area contributed by atoms with E-state index in [-0.39, 0.29) is 21.9 Å². The van der Waals surface area contributed by atoms with Gasteiger partial charge in [-0.15, -0.1) is 0 Å². The first-order chi connectivity index (χ1) is 9.34. The number of benzene rings is 1. The second kappa shape index (κ2) is 5.70. The predicted molar refractivity (Wildman–Crippen MR) is 74.7 cm³/mol. The van der Waals surface area contributed by atoms with Crippen LogP contribution >= 0.6 is 11.6 Å². The van der Waals surface area contributed by atoms with Gasteiger partial charge in [0.25, 0.3) is 0 Å². The lowest BCUT2D eigenvalue weighted by atomic mass is 9.82. The molecule has 0 aliphatic heterocycles. The van der Waals surface area contributed by atoms with Crippen LogP contribution in [0.4, 0.5) is 0 Å². The number of hydrogen-bond donors (Lipinski definition) is 1. The molecule has 0 bridgehead atoms. The van der Waals surface area contributed by atoms with E-state index in [2.05, 4.69) is 0 Å². The third-order valence-electron chi connectivity index (χ3n) is 3.48. The van der Waals surface area contributed by atoms with Crippen LogP contribution in [0, 0.1) is 17.2 Å². The SMILES string of the molecule is CN(CC1CC(O)C1)S(=O)(=O)c1ccc(C#N)cc1Cl. The number of aliphatic hydroxyl groups excluding tert-OH is 1. The van der Waals surface area contributed by atoms with Gasteiger partial charge in [-0.3, -0.25) is 0 Å². The molecule has 1 aromatic carbocycles. The molecule has 0 spiro atoms. The fourth-order valence-corrected chi connectivity index (χ4v) is 4.02. The van der Waals surface area contributed by atoms with Crippen molar-refractivity contribution in [3.05, 3.63) is 28.8 Å². The van der Waals surface area contributed by atoms with E-state index in [1.807, 2.05) is 6.07 Å².